The fourth-order valence-corrected chi connectivity index (χ4v) is 1.87. The summed E-state index contributed by atoms with van der Waals surface area (Å²) < 4.78 is 0. The predicted octanol–water partition coefficient (Wildman–Crippen LogP) is 3.15. The maximum atomic E-state index is 10.7. The highest BCUT2D eigenvalue weighted by atomic mass is 32.2. The van der Waals surface area contributed by atoms with Crippen LogP contribution in [0.25, 0.3) is 0 Å². The molecule has 1 N–H and O–H groups in total. The molecule has 0 aliphatic carbocycles. The second kappa shape index (κ2) is 7.11. The van der Waals surface area contributed by atoms with Crippen molar-refractivity contribution >= 4 is 23.1 Å². The molecule has 0 heterocycles. The van der Waals surface area contributed by atoms with Crippen LogP contribution in [0.15, 0.2) is 24.3 Å². The Morgan fingerprint density at radius 2 is 2.12 bits per heavy atom. The number of rotatable bonds is 7. The van der Waals surface area contributed by atoms with E-state index in [0.29, 0.717) is 5.69 Å². The third-order valence-electron chi connectivity index (χ3n) is 2.19. The Morgan fingerprint density at radius 1 is 1.38 bits per heavy atom. The van der Waals surface area contributed by atoms with Crippen LogP contribution in [0.2, 0.25) is 0 Å². The first-order valence-corrected chi connectivity index (χ1v) is 6.61. The number of nitrogens with zero attached hydrogens (tertiary/aromatic N) is 1. The number of benzene rings is 1. The first-order valence-electron chi connectivity index (χ1n) is 5.22. The lowest BCUT2D eigenvalue weighted by Crippen LogP contribution is -2.04. The summed E-state index contributed by atoms with van der Waals surface area (Å²) in [6.45, 7) is 0.783. The number of anilines is 1. The van der Waals surface area contributed by atoms with Gasteiger partial charge in [-0.1, -0.05) is 12.1 Å². The van der Waals surface area contributed by atoms with Crippen LogP contribution in [0, 0.1) is 10.1 Å². The maximum absolute atomic E-state index is 10.7. The van der Waals surface area contributed by atoms with E-state index in [1.165, 1.54) is 6.07 Å². The number of nitro groups is 1. The van der Waals surface area contributed by atoms with E-state index in [0.717, 1.165) is 25.1 Å². The maximum Gasteiger partial charge on any atom is 0.292 e. The van der Waals surface area contributed by atoms with Crippen LogP contribution in [-0.2, 0) is 0 Å². The monoisotopic (exact) mass is 240 g/mol. The van der Waals surface area contributed by atoms with Gasteiger partial charge in [-0.15, -0.1) is 0 Å². The molecule has 0 radical (unpaired) electrons. The molecule has 88 valence electrons. The van der Waals surface area contributed by atoms with Crippen molar-refractivity contribution in [3.8, 4) is 0 Å². The van der Waals surface area contributed by atoms with Crippen molar-refractivity contribution in [2.24, 2.45) is 0 Å². The van der Waals surface area contributed by atoms with Gasteiger partial charge in [0.15, 0.2) is 0 Å². The van der Waals surface area contributed by atoms with Crippen LogP contribution < -0.4 is 5.32 Å². The standard InChI is InChI=1S/C11H16N2O2S/c1-16-9-5-4-8-12-10-6-2-3-7-11(10)13(14)15/h2-3,6-7,12H,4-5,8-9H2,1H3. The van der Waals surface area contributed by atoms with E-state index in [1.54, 1.807) is 18.2 Å². The molecule has 1 rings (SSSR count). The Bertz CT molecular complexity index is 345. The number of unbranched alkanes of at least 4 members (excludes halogenated alkanes) is 1. The summed E-state index contributed by atoms with van der Waals surface area (Å²) in [6, 6.07) is 6.74. The molecule has 0 aliphatic heterocycles. The number of nitro benzene ring substituents is 1. The smallest absolute Gasteiger partial charge is 0.292 e. The highest BCUT2D eigenvalue weighted by Gasteiger charge is 2.10. The van der Waals surface area contributed by atoms with E-state index < -0.39 is 0 Å². The molecule has 16 heavy (non-hydrogen) atoms. The number of para-hydroxylation sites is 2. The summed E-state index contributed by atoms with van der Waals surface area (Å²) in [7, 11) is 0. The van der Waals surface area contributed by atoms with Crippen molar-refractivity contribution in [1.29, 1.82) is 0 Å². The van der Waals surface area contributed by atoms with Crippen LogP contribution in [0.5, 0.6) is 0 Å². The topological polar surface area (TPSA) is 55.2 Å². The van der Waals surface area contributed by atoms with Gasteiger partial charge in [0.05, 0.1) is 4.92 Å². The molecule has 0 amide bonds. The average Bonchev–Trinajstić information content (AvgIpc) is 2.29. The van der Waals surface area contributed by atoms with Gasteiger partial charge >= 0.3 is 0 Å². The number of hydrogen-bond donors (Lipinski definition) is 1. The lowest BCUT2D eigenvalue weighted by molar-refractivity contribution is -0.384. The highest BCUT2D eigenvalue weighted by molar-refractivity contribution is 7.98. The largest absolute Gasteiger partial charge is 0.379 e. The molecular formula is C11H16N2O2S. The van der Waals surface area contributed by atoms with Crippen LogP contribution >= 0.6 is 11.8 Å². The van der Waals surface area contributed by atoms with Gasteiger partial charge in [-0.05, 0) is 30.9 Å². The molecule has 0 saturated heterocycles. The number of thioether (sulfide) groups is 1. The highest BCUT2D eigenvalue weighted by Crippen LogP contribution is 2.22. The minimum Gasteiger partial charge on any atom is -0.379 e. The van der Waals surface area contributed by atoms with E-state index in [2.05, 4.69) is 11.6 Å². The van der Waals surface area contributed by atoms with Gasteiger partial charge in [0.25, 0.3) is 5.69 Å². The molecule has 0 spiro atoms. The quantitative estimate of drug-likeness (QED) is 0.452. The molecule has 0 atom stereocenters. The van der Waals surface area contributed by atoms with E-state index >= 15 is 0 Å². The van der Waals surface area contributed by atoms with Crippen molar-refractivity contribution in [2.75, 3.05) is 23.9 Å². The van der Waals surface area contributed by atoms with Gasteiger partial charge in [0.1, 0.15) is 5.69 Å². The van der Waals surface area contributed by atoms with Crippen LogP contribution in [0.3, 0.4) is 0 Å². The fraction of sp³-hybridized carbons (Fsp3) is 0.455. The predicted molar refractivity (Wildman–Crippen MR) is 69.2 cm³/mol. The minimum absolute atomic E-state index is 0.146. The number of nitrogens with one attached hydrogen (secondary N) is 1. The second-order valence-electron chi connectivity index (χ2n) is 3.40. The number of hydrogen-bond acceptors (Lipinski definition) is 4. The summed E-state index contributed by atoms with van der Waals surface area (Å²) in [4.78, 5) is 10.4. The van der Waals surface area contributed by atoms with Crippen molar-refractivity contribution in [1.82, 2.24) is 0 Å². The summed E-state index contributed by atoms with van der Waals surface area (Å²) in [5, 5.41) is 13.8. The van der Waals surface area contributed by atoms with Crippen molar-refractivity contribution < 1.29 is 4.92 Å². The van der Waals surface area contributed by atoms with Crippen LogP contribution in [0.4, 0.5) is 11.4 Å². The fourth-order valence-electron chi connectivity index (χ4n) is 1.38. The molecule has 0 fully saturated rings. The lowest BCUT2D eigenvalue weighted by atomic mass is 10.2. The first kappa shape index (κ1) is 12.8. The minimum atomic E-state index is -0.357. The zero-order valence-electron chi connectivity index (χ0n) is 9.31. The van der Waals surface area contributed by atoms with Crippen molar-refractivity contribution in [3.05, 3.63) is 34.4 Å². The molecule has 0 aromatic heterocycles. The Morgan fingerprint density at radius 3 is 2.81 bits per heavy atom. The third-order valence-corrected chi connectivity index (χ3v) is 2.89. The van der Waals surface area contributed by atoms with Crippen molar-refractivity contribution in [2.45, 2.75) is 12.8 Å². The van der Waals surface area contributed by atoms with Gasteiger partial charge in [0.2, 0.25) is 0 Å². The molecule has 0 bridgehead atoms. The summed E-state index contributed by atoms with van der Waals surface area (Å²) in [5.74, 6) is 1.14. The molecule has 1 aromatic rings. The summed E-state index contributed by atoms with van der Waals surface area (Å²) >= 11 is 1.82. The lowest BCUT2D eigenvalue weighted by Gasteiger charge is -2.06. The van der Waals surface area contributed by atoms with Crippen molar-refractivity contribution in [3.63, 3.8) is 0 Å². The van der Waals surface area contributed by atoms with Gasteiger partial charge in [-0.2, -0.15) is 11.8 Å². The molecule has 4 nitrogen and oxygen atoms in total. The average molecular weight is 240 g/mol. The zero-order valence-corrected chi connectivity index (χ0v) is 10.1. The zero-order chi connectivity index (χ0) is 11.8. The third kappa shape index (κ3) is 4.10. The molecule has 0 unspecified atom stereocenters. The Hall–Kier alpha value is -1.23. The van der Waals surface area contributed by atoms with E-state index in [1.807, 2.05) is 11.8 Å². The first-order chi connectivity index (χ1) is 7.75. The molecular weight excluding hydrogens is 224 g/mol. The molecule has 1 aromatic carbocycles. The Balaban J connectivity index is 2.44. The van der Waals surface area contributed by atoms with Gasteiger partial charge in [-0.3, -0.25) is 10.1 Å². The Kier molecular flexibility index (Phi) is 5.71. The summed E-state index contributed by atoms with van der Waals surface area (Å²) in [6.07, 6.45) is 4.25. The van der Waals surface area contributed by atoms with E-state index in [9.17, 15) is 10.1 Å². The molecule has 0 aliphatic rings. The van der Waals surface area contributed by atoms with Crippen LogP contribution in [0.1, 0.15) is 12.8 Å². The van der Waals surface area contributed by atoms with Crippen LogP contribution in [-0.4, -0.2) is 23.5 Å². The summed E-state index contributed by atoms with van der Waals surface area (Å²) in [5.41, 5.74) is 0.754. The second-order valence-corrected chi connectivity index (χ2v) is 4.39. The van der Waals surface area contributed by atoms with E-state index in [4.69, 9.17) is 0 Å². The van der Waals surface area contributed by atoms with Gasteiger partial charge < -0.3 is 5.32 Å². The Labute approximate surface area is 99.6 Å². The van der Waals surface area contributed by atoms with Gasteiger partial charge in [-0.25, -0.2) is 0 Å². The SMILES string of the molecule is CSCCCCNc1ccccc1[N+](=O)[O-]. The van der Waals surface area contributed by atoms with Gasteiger partial charge in [0, 0.05) is 12.6 Å². The molecule has 0 saturated carbocycles. The normalized spacial score (nSPS) is 10.1. The van der Waals surface area contributed by atoms with E-state index in [-0.39, 0.29) is 10.6 Å². The molecule has 5 heteroatoms.